The summed E-state index contributed by atoms with van der Waals surface area (Å²) in [5.74, 6) is 1.66. The highest BCUT2D eigenvalue weighted by Crippen LogP contribution is 2.29. The summed E-state index contributed by atoms with van der Waals surface area (Å²) in [6.45, 7) is 0.579. The topological polar surface area (TPSA) is 49.2 Å². The second-order valence-corrected chi connectivity index (χ2v) is 6.25. The molecule has 1 aliphatic rings. The summed E-state index contributed by atoms with van der Waals surface area (Å²) < 4.78 is 13.2. The molecule has 1 aliphatic carbocycles. The van der Waals surface area contributed by atoms with Crippen LogP contribution in [0.5, 0.6) is 5.75 Å². The van der Waals surface area contributed by atoms with Gasteiger partial charge < -0.3 is 9.47 Å². The lowest BCUT2D eigenvalue weighted by molar-refractivity contribution is -0.00932. The Hall–Kier alpha value is -2.66. The van der Waals surface area contributed by atoms with Gasteiger partial charge in [-0.1, -0.05) is 12.1 Å². The van der Waals surface area contributed by atoms with E-state index in [4.69, 9.17) is 9.47 Å². The Kier molecular flexibility index (Phi) is 4.48. The maximum absolute atomic E-state index is 5.96. The average Bonchev–Trinajstić information content (AvgIpc) is 3.11. The van der Waals surface area contributed by atoms with Crippen molar-refractivity contribution in [2.24, 2.45) is 0 Å². The third-order valence-corrected chi connectivity index (χ3v) is 4.61. The predicted molar refractivity (Wildman–Crippen MR) is 95.8 cm³/mol. The number of hydrogen-bond acceptors (Lipinski definition) is 4. The SMILES string of the molecule is COc1ccc(-c2cnn(-c3ccccn3)c2)cc1COC1CCC1. The highest BCUT2D eigenvalue weighted by Gasteiger charge is 2.18. The minimum Gasteiger partial charge on any atom is -0.496 e. The lowest BCUT2D eigenvalue weighted by atomic mass is 9.96. The normalized spacial score (nSPS) is 14.3. The van der Waals surface area contributed by atoms with Crippen molar-refractivity contribution >= 4 is 0 Å². The molecule has 2 aromatic heterocycles. The van der Waals surface area contributed by atoms with Crippen molar-refractivity contribution in [3.63, 3.8) is 0 Å². The zero-order valence-electron chi connectivity index (χ0n) is 14.3. The summed E-state index contributed by atoms with van der Waals surface area (Å²) in [7, 11) is 1.70. The van der Waals surface area contributed by atoms with Crippen LogP contribution in [0.2, 0.25) is 0 Å². The number of benzene rings is 1. The van der Waals surface area contributed by atoms with Gasteiger partial charge in [-0.15, -0.1) is 0 Å². The van der Waals surface area contributed by atoms with Gasteiger partial charge in [-0.3, -0.25) is 0 Å². The zero-order chi connectivity index (χ0) is 17.1. The van der Waals surface area contributed by atoms with Crippen molar-refractivity contribution in [1.82, 2.24) is 14.8 Å². The van der Waals surface area contributed by atoms with Gasteiger partial charge in [-0.05, 0) is 49.1 Å². The third-order valence-electron chi connectivity index (χ3n) is 4.61. The summed E-state index contributed by atoms with van der Waals surface area (Å²) in [6.07, 6.45) is 9.61. The van der Waals surface area contributed by atoms with Crippen molar-refractivity contribution in [2.45, 2.75) is 32.0 Å². The average molecular weight is 335 g/mol. The van der Waals surface area contributed by atoms with E-state index >= 15 is 0 Å². The number of rotatable bonds is 6. The number of pyridine rings is 1. The summed E-state index contributed by atoms with van der Waals surface area (Å²) in [4.78, 5) is 4.33. The molecule has 5 heteroatoms. The fourth-order valence-corrected chi connectivity index (χ4v) is 2.90. The Balaban J connectivity index is 1.58. The second-order valence-electron chi connectivity index (χ2n) is 6.25. The fourth-order valence-electron chi connectivity index (χ4n) is 2.90. The largest absolute Gasteiger partial charge is 0.496 e. The highest BCUT2D eigenvalue weighted by molar-refractivity contribution is 5.64. The van der Waals surface area contributed by atoms with Crippen LogP contribution < -0.4 is 4.74 Å². The molecule has 4 rings (SSSR count). The van der Waals surface area contributed by atoms with Gasteiger partial charge >= 0.3 is 0 Å². The van der Waals surface area contributed by atoms with Gasteiger partial charge in [-0.2, -0.15) is 5.10 Å². The van der Waals surface area contributed by atoms with Gasteiger partial charge in [0.1, 0.15) is 5.75 Å². The molecule has 25 heavy (non-hydrogen) atoms. The van der Waals surface area contributed by atoms with Gasteiger partial charge in [0.05, 0.1) is 26.0 Å². The van der Waals surface area contributed by atoms with Crippen LogP contribution in [0.25, 0.3) is 16.9 Å². The van der Waals surface area contributed by atoms with E-state index in [0.29, 0.717) is 12.7 Å². The maximum atomic E-state index is 5.96. The van der Waals surface area contributed by atoms with E-state index in [2.05, 4.69) is 16.1 Å². The molecule has 1 saturated carbocycles. The van der Waals surface area contributed by atoms with Crippen LogP contribution in [0.1, 0.15) is 24.8 Å². The van der Waals surface area contributed by atoms with E-state index in [9.17, 15) is 0 Å². The van der Waals surface area contributed by atoms with Crippen molar-refractivity contribution < 1.29 is 9.47 Å². The van der Waals surface area contributed by atoms with Crippen molar-refractivity contribution in [2.75, 3.05) is 7.11 Å². The number of ether oxygens (including phenoxy) is 2. The molecule has 0 N–H and O–H groups in total. The lowest BCUT2D eigenvalue weighted by Crippen LogP contribution is -2.21. The van der Waals surface area contributed by atoms with Crippen LogP contribution >= 0.6 is 0 Å². The van der Waals surface area contributed by atoms with E-state index in [1.165, 1.54) is 19.3 Å². The van der Waals surface area contributed by atoms with Gasteiger partial charge in [0.15, 0.2) is 5.82 Å². The summed E-state index contributed by atoms with van der Waals surface area (Å²) in [6, 6.07) is 11.9. The number of aromatic nitrogens is 3. The van der Waals surface area contributed by atoms with Crippen molar-refractivity contribution in [3.05, 3.63) is 60.6 Å². The van der Waals surface area contributed by atoms with E-state index < -0.39 is 0 Å². The predicted octanol–water partition coefficient (Wildman–Crippen LogP) is 4.01. The molecule has 0 atom stereocenters. The Labute approximate surface area is 147 Å². The Morgan fingerprint density at radius 3 is 2.80 bits per heavy atom. The molecule has 0 spiro atoms. The van der Waals surface area contributed by atoms with E-state index in [-0.39, 0.29) is 0 Å². The van der Waals surface area contributed by atoms with Crippen molar-refractivity contribution in [1.29, 1.82) is 0 Å². The Morgan fingerprint density at radius 1 is 1.16 bits per heavy atom. The van der Waals surface area contributed by atoms with Gasteiger partial charge in [0.25, 0.3) is 0 Å². The lowest BCUT2D eigenvalue weighted by Gasteiger charge is -2.26. The molecular formula is C20H21N3O2. The van der Waals surface area contributed by atoms with E-state index in [1.807, 2.05) is 42.7 Å². The minimum absolute atomic E-state index is 0.403. The molecule has 5 nitrogen and oxygen atoms in total. The molecule has 0 amide bonds. The quantitative estimate of drug-likeness (QED) is 0.683. The Bertz CT molecular complexity index is 841. The summed E-state index contributed by atoms with van der Waals surface area (Å²) in [5.41, 5.74) is 3.20. The molecule has 2 heterocycles. The van der Waals surface area contributed by atoms with Gasteiger partial charge in [-0.25, -0.2) is 9.67 Å². The molecule has 128 valence electrons. The first-order chi connectivity index (χ1) is 12.3. The van der Waals surface area contributed by atoms with E-state index in [1.54, 1.807) is 18.0 Å². The molecule has 1 fully saturated rings. The standard InChI is InChI=1S/C20H21N3O2/c1-24-19-9-8-15(11-16(19)14-25-18-5-4-6-18)17-12-22-23(13-17)20-7-2-3-10-21-20/h2-3,7-13,18H,4-6,14H2,1H3. The fraction of sp³-hybridized carbons (Fsp3) is 0.300. The van der Waals surface area contributed by atoms with E-state index in [0.717, 1.165) is 28.3 Å². The molecule has 3 aromatic rings. The molecule has 0 saturated heterocycles. The first-order valence-electron chi connectivity index (χ1n) is 8.58. The number of hydrogen-bond donors (Lipinski definition) is 0. The van der Waals surface area contributed by atoms with Crippen molar-refractivity contribution in [3.8, 4) is 22.7 Å². The monoisotopic (exact) mass is 335 g/mol. The first kappa shape index (κ1) is 15.8. The molecule has 0 aliphatic heterocycles. The van der Waals surface area contributed by atoms with Crippen LogP contribution in [0, 0.1) is 0 Å². The Morgan fingerprint density at radius 2 is 2.08 bits per heavy atom. The first-order valence-corrected chi connectivity index (χ1v) is 8.58. The maximum Gasteiger partial charge on any atom is 0.153 e. The molecule has 1 aromatic carbocycles. The van der Waals surface area contributed by atoms with Gasteiger partial charge in [0, 0.05) is 23.5 Å². The summed E-state index contributed by atoms with van der Waals surface area (Å²) in [5, 5.41) is 4.42. The molecule has 0 unspecified atom stereocenters. The minimum atomic E-state index is 0.403. The smallest absolute Gasteiger partial charge is 0.153 e. The van der Waals surface area contributed by atoms with Crippen LogP contribution in [0.15, 0.2) is 55.0 Å². The molecular weight excluding hydrogens is 314 g/mol. The number of nitrogens with zero attached hydrogens (tertiary/aromatic N) is 3. The van der Waals surface area contributed by atoms with Crippen LogP contribution in [0.3, 0.4) is 0 Å². The van der Waals surface area contributed by atoms with Crippen LogP contribution in [0.4, 0.5) is 0 Å². The highest BCUT2D eigenvalue weighted by atomic mass is 16.5. The third kappa shape index (κ3) is 3.42. The number of methoxy groups -OCH3 is 1. The molecule has 0 radical (unpaired) electrons. The second kappa shape index (κ2) is 7.07. The zero-order valence-corrected chi connectivity index (χ0v) is 14.3. The molecule has 0 bridgehead atoms. The van der Waals surface area contributed by atoms with Crippen LogP contribution in [-0.2, 0) is 11.3 Å². The summed E-state index contributed by atoms with van der Waals surface area (Å²) >= 11 is 0. The van der Waals surface area contributed by atoms with Crippen LogP contribution in [-0.4, -0.2) is 28.0 Å². The van der Waals surface area contributed by atoms with Gasteiger partial charge in [0.2, 0.25) is 0 Å².